The summed E-state index contributed by atoms with van der Waals surface area (Å²) in [4.78, 5) is 12.7. The lowest BCUT2D eigenvalue weighted by atomic mass is 9.91. The van der Waals surface area contributed by atoms with E-state index in [2.05, 4.69) is 6.58 Å². The largest absolute Gasteiger partial charge is 0.497 e. The SMILES string of the molecule is C=C1C=C(OC)C=CC1S(=O)(=O)N1CC(C)(C)CN(S(=O)(=O)c2ccc(OC)cc2)C1C(=O)NO. The molecule has 0 bridgehead atoms. The molecule has 3 rings (SSSR count). The van der Waals surface area contributed by atoms with E-state index in [1.54, 1.807) is 13.8 Å². The van der Waals surface area contributed by atoms with Crippen molar-refractivity contribution >= 4 is 26.0 Å². The summed E-state index contributed by atoms with van der Waals surface area (Å²) in [5.74, 6) is -0.392. The van der Waals surface area contributed by atoms with Gasteiger partial charge in [0.2, 0.25) is 20.0 Å². The molecule has 1 heterocycles. The molecule has 192 valence electrons. The Balaban J connectivity index is 2.13. The van der Waals surface area contributed by atoms with Crippen LogP contribution in [-0.2, 0) is 29.6 Å². The average Bonchev–Trinajstić information content (AvgIpc) is 2.82. The zero-order valence-corrected chi connectivity index (χ0v) is 21.5. The number of ether oxygens (including phenoxy) is 2. The van der Waals surface area contributed by atoms with Crippen LogP contribution in [0, 0.1) is 5.41 Å². The molecule has 2 aliphatic rings. The van der Waals surface area contributed by atoms with Gasteiger partial charge in [0.1, 0.15) is 16.8 Å². The third-order valence-electron chi connectivity index (χ3n) is 5.74. The van der Waals surface area contributed by atoms with Crippen molar-refractivity contribution in [1.82, 2.24) is 14.1 Å². The maximum absolute atomic E-state index is 13.8. The molecule has 1 aromatic rings. The van der Waals surface area contributed by atoms with Gasteiger partial charge in [-0.3, -0.25) is 10.0 Å². The van der Waals surface area contributed by atoms with Crippen molar-refractivity contribution in [3.63, 3.8) is 0 Å². The first-order chi connectivity index (χ1) is 16.3. The molecule has 0 radical (unpaired) electrons. The van der Waals surface area contributed by atoms with Crippen molar-refractivity contribution in [1.29, 1.82) is 0 Å². The lowest BCUT2D eigenvalue weighted by Gasteiger charge is -2.48. The minimum absolute atomic E-state index is 0.168. The van der Waals surface area contributed by atoms with Crippen molar-refractivity contribution < 1.29 is 36.3 Å². The molecule has 1 aromatic carbocycles. The van der Waals surface area contributed by atoms with Crippen LogP contribution in [0.2, 0.25) is 0 Å². The van der Waals surface area contributed by atoms with Crippen LogP contribution in [-0.4, -0.2) is 75.3 Å². The van der Waals surface area contributed by atoms with Crippen LogP contribution in [0.1, 0.15) is 13.8 Å². The summed E-state index contributed by atoms with van der Waals surface area (Å²) in [6.45, 7) is 6.82. The van der Waals surface area contributed by atoms with Gasteiger partial charge in [-0.2, -0.15) is 8.61 Å². The Morgan fingerprint density at radius 1 is 1.09 bits per heavy atom. The van der Waals surface area contributed by atoms with Gasteiger partial charge in [0.15, 0.2) is 6.17 Å². The van der Waals surface area contributed by atoms with E-state index in [1.165, 1.54) is 62.2 Å². The first-order valence-corrected chi connectivity index (χ1v) is 13.5. The number of carbonyl (C=O) groups excluding carboxylic acids is 1. The number of hydrogen-bond acceptors (Lipinski definition) is 8. The van der Waals surface area contributed by atoms with Gasteiger partial charge in [-0.05, 0) is 47.4 Å². The fourth-order valence-electron chi connectivity index (χ4n) is 4.04. The van der Waals surface area contributed by atoms with Crippen molar-refractivity contribution in [2.45, 2.75) is 30.2 Å². The van der Waals surface area contributed by atoms with Crippen molar-refractivity contribution in [3.05, 3.63) is 60.4 Å². The molecule has 1 amide bonds. The lowest BCUT2D eigenvalue weighted by molar-refractivity contribution is -0.140. The summed E-state index contributed by atoms with van der Waals surface area (Å²) in [6.07, 6.45) is 2.39. The highest BCUT2D eigenvalue weighted by atomic mass is 32.2. The minimum atomic E-state index is -4.39. The molecule has 2 unspecified atom stereocenters. The zero-order valence-electron chi connectivity index (χ0n) is 19.8. The Labute approximate surface area is 205 Å². The third-order valence-corrected chi connectivity index (χ3v) is 9.63. The van der Waals surface area contributed by atoms with Crippen LogP contribution in [0.3, 0.4) is 0 Å². The van der Waals surface area contributed by atoms with Gasteiger partial charge in [-0.25, -0.2) is 22.3 Å². The second kappa shape index (κ2) is 9.74. The summed E-state index contributed by atoms with van der Waals surface area (Å²) in [6, 6.07) is 5.47. The maximum atomic E-state index is 13.8. The minimum Gasteiger partial charge on any atom is -0.497 e. The number of methoxy groups -OCH3 is 2. The molecule has 0 spiro atoms. The lowest BCUT2D eigenvalue weighted by Crippen LogP contribution is -2.68. The van der Waals surface area contributed by atoms with Crippen LogP contribution in [0.25, 0.3) is 0 Å². The molecule has 13 heteroatoms. The Hall–Kier alpha value is -2.71. The van der Waals surface area contributed by atoms with Crippen LogP contribution in [0.4, 0.5) is 0 Å². The van der Waals surface area contributed by atoms with Gasteiger partial charge < -0.3 is 9.47 Å². The van der Waals surface area contributed by atoms with Crippen LogP contribution in [0.15, 0.2) is 65.3 Å². The normalized spacial score (nSPS) is 23.5. The van der Waals surface area contributed by atoms with E-state index < -0.39 is 42.8 Å². The number of nitrogens with one attached hydrogen (secondary N) is 1. The smallest absolute Gasteiger partial charge is 0.277 e. The molecular formula is C22H29N3O8S2. The molecule has 1 aliphatic heterocycles. The van der Waals surface area contributed by atoms with E-state index in [9.17, 15) is 26.8 Å². The number of sulfonamides is 2. The summed E-state index contributed by atoms with van der Waals surface area (Å²) >= 11 is 0. The van der Waals surface area contributed by atoms with E-state index in [0.29, 0.717) is 11.5 Å². The quantitative estimate of drug-likeness (QED) is 0.398. The number of amides is 1. The van der Waals surface area contributed by atoms with Gasteiger partial charge in [0.25, 0.3) is 5.91 Å². The van der Waals surface area contributed by atoms with E-state index in [0.717, 1.165) is 8.61 Å². The highest BCUT2D eigenvalue weighted by Gasteiger charge is 2.53. The predicted molar refractivity (Wildman–Crippen MR) is 127 cm³/mol. The molecule has 2 N–H and O–H groups in total. The Morgan fingerprint density at radius 3 is 2.20 bits per heavy atom. The van der Waals surface area contributed by atoms with E-state index in [-0.39, 0.29) is 23.6 Å². The summed E-state index contributed by atoms with van der Waals surface area (Å²) in [7, 11) is -5.91. The van der Waals surface area contributed by atoms with Crippen molar-refractivity contribution in [3.8, 4) is 5.75 Å². The molecule has 0 saturated carbocycles. The number of carbonyl (C=O) groups is 1. The van der Waals surface area contributed by atoms with Gasteiger partial charge in [-0.15, -0.1) is 0 Å². The van der Waals surface area contributed by atoms with Crippen molar-refractivity contribution in [2.24, 2.45) is 5.41 Å². The number of rotatable bonds is 7. The van der Waals surface area contributed by atoms with Gasteiger partial charge in [0, 0.05) is 13.1 Å². The summed E-state index contributed by atoms with van der Waals surface area (Å²) in [5.41, 5.74) is 0.721. The van der Waals surface area contributed by atoms with E-state index in [4.69, 9.17) is 9.47 Å². The van der Waals surface area contributed by atoms with E-state index >= 15 is 0 Å². The molecule has 2 atom stereocenters. The number of hydroxylamine groups is 1. The van der Waals surface area contributed by atoms with E-state index in [1.807, 2.05) is 0 Å². The average molecular weight is 528 g/mol. The molecule has 1 aliphatic carbocycles. The summed E-state index contributed by atoms with van der Waals surface area (Å²) < 4.78 is 66.7. The third kappa shape index (κ3) is 5.14. The van der Waals surface area contributed by atoms with Gasteiger partial charge in [-0.1, -0.05) is 26.5 Å². The number of allylic oxidation sites excluding steroid dienone is 2. The fourth-order valence-corrected chi connectivity index (χ4v) is 7.88. The maximum Gasteiger partial charge on any atom is 0.277 e. The van der Waals surface area contributed by atoms with Crippen LogP contribution < -0.4 is 10.2 Å². The van der Waals surface area contributed by atoms with Gasteiger partial charge >= 0.3 is 0 Å². The predicted octanol–water partition coefficient (Wildman–Crippen LogP) is 1.21. The highest BCUT2D eigenvalue weighted by molar-refractivity contribution is 7.90. The highest BCUT2D eigenvalue weighted by Crippen LogP contribution is 2.37. The van der Waals surface area contributed by atoms with Crippen LogP contribution in [0.5, 0.6) is 5.75 Å². The molecule has 35 heavy (non-hydrogen) atoms. The fraction of sp³-hybridized carbons (Fsp3) is 0.409. The molecule has 0 aromatic heterocycles. The first kappa shape index (κ1) is 26.9. The second-order valence-electron chi connectivity index (χ2n) is 8.94. The number of nitrogens with zero attached hydrogens (tertiary/aromatic N) is 2. The zero-order chi connectivity index (χ0) is 26.2. The second-order valence-corrected chi connectivity index (χ2v) is 12.8. The first-order valence-electron chi connectivity index (χ1n) is 10.5. The standard InChI is InChI=1S/C22H29N3O8S2/c1-15-12-17(33-5)8-11-19(15)35(30,31)25-14-22(2,3)13-24(21(25)20(26)23-27)34(28,29)18-9-6-16(32-4)7-10-18/h6-12,19,21,27H,1,13-14H2,2-5H3,(H,23,26). The molecule has 11 nitrogen and oxygen atoms in total. The monoisotopic (exact) mass is 527 g/mol. The van der Waals surface area contributed by atoms with Crippen molar-refractivity contribution in [2.75, 3.05) is 27.3 Å². The Kier molecular flexibility index (Phi) is 7.48. The molecule has 1 saturated heterocycles. The Bertz CT molecular complexity index is 1270. The van der Waals surface area contributed by atoms with Gasteiger partial charge in [0.05, 0.1) is 19.1 Å². The molecule has 1 fully saturated rings. The molecular weight excluding hydrogens is 498 g/mol. The van der Waals surface area contributed by atoms with Crippen LogP contribution >= 0.6 is 0 Å². The summed E-state index contributed by atoms with van der Waals surface area (Å²) in [5, 5.41) is 8.17. The number of benzene rings is 1. The Morgan fingerprint density at radius 2 is 1.69 bits per heavy atom. The topological polar surface area (TPSA) is 143 Å². The number of hydrogen-bond donors (Lipinski definition) is 2.